The molecule has 0 radical (unpaired) electrons. The number of amides is 2. The largest absolute Gasteiger partial charge is 0.450 e. The van der Waals surface area contributed by atoms with Gasteiger partial charge in [0, 0.05) is 18.8 Å². The van der Waals surface area contributed by atoms with Gasteiger partial charge in [0.15, 0.2) is 0 Å². The lowest BCUT2D eigenvalue weighted by Gasteiger charge is -2.41. The van der Waals surface area contributed by atoms with Gasteiger partial charge < -0.3 is 14.4 Å². The van der Waals surface area contributed by atoms with E-state index in [0.29, 0.717) is 19.7 Å². The van der Waals surface area contributed by atoms with Crippen molar-refractivity contribution in [1.29, 1.82) is 0 Å². The Balaban J connectivity index is 1.68. The molecule has 2 fully saturated rings. The van der Waals surface area contributed by atoms with Crippen LogP contribution in [-0.4, -0.2) is 58.3 Å². The van der Waals surface area contributed by atoms with Gasteiger partial charge in [-0.25, -0.2) is 9.59 Å². The Hall–Kier alpha value is -1.89. The fourth-order valence-electron chi connectivity index (χ4n) is 3.74. The van der Waals surface area contributed by atoms with Crippen LogP contribution in [0.15, 0.2) is 30.3 Å². The Morgan fingerprint density at radius 3 is 2.69 bits per heavy atom. The van der Waals surface area contributed by atoms with E-state index in [1.165, 1.54) is 0 Å². The van der Waals surface area contributed by atoms with Gasteiger partial charge in [0.2, 0.25) is 0 Å². The topological polar surface area (TPSA) is 59.1 Å². The molecular formula is C19H26N2O4S. The number of ether oxygens (including phenoxy) is 2. The van der Waals surface area contributed by atoms with Crippen LogP contribution >= 0.6 is 11.8 Å². The number of benzene rings is 1. The van der Waals surface area contributed by atoms with Crippen molar-refractivity contribution in [2.24, 2.45) is 0 Å². The van der Waals surface area contributed by atoms with Crippen molar-refractivity contribution in [2.75, 3.05) is 25.4 Å². The summed E-state index contributed by atoms with van der Waals surface area (Å²) in [7, 11) is 0. The highest BCUT2D eigenvalue weighted by atomic mass is 32.2. The normalized spacial score (nSPS) is 25.4. The summed E-state index contributed by atoms with van der Waals surface area (Å²) in [6.07, 6.45) is 1.16. The fourth-order valence-corrected chi connectivity index (χ4v) is 5.18. The van der Waals surface area contributed by atoms with E-state index in [4.69, 9.17) is 9.47 Å². The predicted octanol–water partition coefficient (Wildman–Crippen LogP) is 3.71. The van der Waals surface area contributed by atoms with Crippen LogP contribution in [0, 0.1) is 0 Å². The lowest BCUT2D eigenvalue weighted by molar-refractivity contribution is 0.0514. The molecule has 26 heavy (non-hydrogen) atoms. The highest BCUT2D eigenvalue weighted by Gasteiger charge is 2.52. The summed E-state index contributed by atoms with van der Waals surface area (Å²) in [5.74, 6) is 0.846. The van der Waals surface area contributed by atoms with Crippen molar-refractivity contribution in [3.8, 4) is 0 Å². The van der Waals surface area contributed by atoms with E-state index in [2.05, 4.69) is 0 Å². The molecule has 0 unspecified atom stereocenters. The third kappa shape index (κ3) is 3.77. The van der Waals surface area contributed by atoms with Crippen LogP contribution in [0.3, 0.4) is 0 Å². The number of rotatable bonds is 4. The van der Waals surface area contributed by atoms with Gasteiger partial charge in [0.1, 0.15) is 11.5 Å². The Labute approximate surface area is 158 Å². The number of hydrogen-bond acceptors (Lipinski definition) is 5. The molecule has 0 aromatic heterocycles. The third-order valence-electron chi connectivity index (χ3n) is 5.04. The second kappa shape index (κ2) is 8.20. The molecule has 6 nitrogen and oxygen atoms in total. The number of carbonyl (C=O) groups excluding carboxylic acids is 2. The summed E-state index contributed by atoms with van der Waals surface area (Å²) >= 11 is 1.72. The van der Waals surface area contributed by atoms with E-state index >= 15 is 0 Å². The minimum atomic E-state index is -0.478. The first-order chi connectivity index (χ1) is 12.6. The Morgan fingerprint density at radius 2 is 1.96 bits per heavy atom. The summed E-state index contributed by atoms with van der Waals surface area (Å²) in [5, 5.41) is 0. The van der Waals surface area contributed by atoms with E-state index in [-0.39, 0.29) is 24.8 Å². The monoisotopic (exact) mass is 378 g/mol. The molecule has 142 valence electrons. The summed E-state index contributed by atoms with van der Waals surface area (Å²) < 4.78 is 10.8. The smallest absolute Gasteiger partial charge is 0.410 e. The Kier molecular flexibility index (Phi) is 5.96. The Morgan fingerprint density at radius 1 is 1.19 bits per heavy atom. The maximum atomic E-state index is 12.7. The van der Waals surface area contributed by atoms with Crippen molar-refractivity contribution in [2.45, 2.75) is 44.2 Å². The Bertz CT molecular complexity index is 642. The summed E-state index contributed by atoms with van der Waals surface area (Å²) in [6.45, 7) is 5.75. The van der Waals surface area contributed by atoms with Gasteiger partial charge in [-0.15, -0.1) is 11.8 Å². The van der Waals surface area contributed by atoms with Gasteiger partial charge in [-0.2, -0.15) is 0 Å². The number of hydrogen-bond donors (Lipinski definition) is 0. The molecule has 2 aliphatic rings. The van der Waals surface area contributed by atoms with Gasteiger partial charge in [0.05, 0.1) is 12.6 Å². The first kappa shape index (κ1) is 18.9. The van der Waals surface area contributed by atoms with Crippen LogP contribution < -0.4 is 0 Å². The van der Waals surface area contributed by atoms with Gasteiger partial charge in [-0.3, -0.25) is 4.90 Å². The van der Waals surface area contributed by atoms with Crippen molar-refractivity contribution >= 4 is 23.9 Å². The minimum absolute atomic E-state index is 0.0670. The van der Waals surface area contributed by atoms with E-state index in [1.807, 2.05) is 37.3 Å². The molecule has 2 atom stereocenters. The van der Waals surface area contributed by atoms with Gasteiger partial charge in [-0.05, 0) is 32.3 Å². The fraction of sp³-hybridized carbons (Fsp3) is 0.579. The lowest BCUT2D eigenvalue weighted by Crippen LogP contribution is -2.57. The quantitative estimate of drug-likeness (QED) is 0.799. The molecule has 2 saturated heterocycles. The van der Waals surface area contributed by atoms with Crippen molar-refractivity contribution in [1.82, 2.24) is 9.80 Å². The summed E-state index contributed by atoms with van der Waals surface area (Å²) in [4.78, 5) is 28.1. The highest BCUT2D eigenvalue weighted by molar-refractivity contribution is 8.00. The molecule has 0 bridgehead atoms. The first-order valence-electron chi connectivity index (χ1n) is 9.12. The predicted molar refractivity (Wildman–Crippen MR) is 101 cm³/mol. The SMILES string of the molecule is CCOC(=O)N1CCS[C@]1(C)[C@H]1CCCN1C(=O)OCc1ccccc1. The molecule has 0 aliphatic carbocycles. The first-order valence-corrected chi connectivity index (χ1v) is 10.1. The minimum Gasteiger partial charge on any atom is -0.450 e. The molecule has 2 aliphatic heterocycles. The number of carbonyl (C=O) groups is 2. The van der Waals surface area contributed by atoms with Crippen LogP contribution in [0.2, 0.25) is 0 Å². The molecule has 2 amide bonds. The maximum absolute atomic E-state index is 12.7. The van der Waals surface area contributed by atoms with E-state index in [9.17, 15) is 9.59 Å². The summed E-state index contributed by atoms with van der Waals surface area (Å²) in [5.41, 5.74) is 0.964. The second-order valence-electron chi connectivity index (χ2n) is 6.65. The van der Waals surface area contributed by atoms with E-state index in [0.717, 1.165) is 24.2 Å². The number of likely N-dealkylation sites (tertiary alicyclic amines) is 1. The van der Waals surface area contributed by atoms with Crippen LogP contribution in [0.25, 0.3) is 0 Å². The van der Waals surface area contributed by atoms with Crippen molar-refractivity contribution in [3.05, 3.63) is 35.9 Å². The lowest BCUT2D eigenvalue weighted by atomic mass is 10.1. The van der Waals surface area contributed by atoms with Gasteiger partial charge in [0.25, 0.3) is 0 Å². The third-order valence-corrected chi connectivity index (χ3v) is 6.51. The van der Waals surface area contributed by atoms with E-state index < -0.39 is 4.87 Å². The molecule has 3 rings (SSSR count). The molecular weight excluding hydrogens is 352 g/mol. The second-order valence-corrected chi connectivity index (χ2v) is 8.17. The number of nitrogens with zero attached hydrogens (tertiary/aromatic N) is 2. The van der Waals surface area contributed by atoms with Crippen LogP contribution in [0.4, 0.5) is 9.59 Å². The molecule has 0 N–H and O–H groups in total. The maximum Gasteiger partial charge on any atom is 0.410 e. The molecule has 0 spiro atoms. The molecule has 0 saturated carbocycles. The van der Waals surface area contributed by atoms with Gasteiger partial charge >= 0.3 is 12.2 Å². The van der Waals surface area contributed by atoms with Crippen LogP contribution in [0.5, 0.6) is 0 Å². The van der Waals surface area contributed by atoms with Gasteiger partial charge in [-0.1, -0.05) is 30.3 Å². The molecule has 7 heteroatoms. The van der Waals surface area contributed by atoms with E-state index in [1.54, 1.807) is 28.5 Å². The zero-order valence-corrected chi connectivity index (χ0v) is 16.2. The number of thioether (sulfide) groups is 1. The summed E-state index contributed by atoms with van der Waals surface area (Å²) in [6, 6.07) is 9.59. The molecule has 1 aromatic rings. The van der Waals surface area contributed by atoms with Crippen molar-refractivity contribution in [3.63, 3.8) is 0 Å². The molecule has 2 heterocycles. The molecule has 1 aromatic carbocycles. The van der Waals surface area contributed by atoms with Crippen LogP contribution in [0.1, 0.15) is 32.3 Å². The highest BCUT2D eigenvalue weighted by Crippen LogP contribution is 2.44. The van der Waals surface area contributed by atoms with Crippen molar-refractivity contribution < 1.29 is 19.1 Å². The zero-order valence-electron chi connectivity index (χ0n) is 15.3. The average molecular weight is 378 g/mol. The zero-order chi connectivity index (χ0) is 18.6. The van der Waals surface area contributed by atoms with Crippen LogP contribution in [-0.2, 0) is 16.1 Å². The average Bonchev–Trinajstić information content (AvgIpc) is 3.28. The standard InChI is InChI=1S/C19H26N2O4S/c1-3-24-18(23)21-12-13-26-19(21,2)16-10-7-11-20(16)17(22)25-14-15-8-5-4-6-9-15/h4-6,8-9,16H,3,7,10-14H2,1-2H3/t16-,19-/m1/s1.